The summed E-state index contributed by atoms with van der Waals surface area (Å²) in [7, 11) is 0. The lowest BCUT2D eigenvalue weighted by atomic mass is 10.1. The van der Waals surface area contributed by atoms with Crippen molar-refractivity contribution in [1.82, 2.24) is 0 Å². The highest BCUT2D eigenvalue weighted by atomic mass is 32.2. The van der Waals surface area contributed by atoms with Crippen LogP contribution < -0.4 is 10.2 Å². The van der Waals surface area contributed by atoms with Crippen LogP contribution in [-0.4, -0.2) is 38.0 Å². The summed E-state index contributed by atoms with van der Waals surface area (Å²) in [6.07, 6.45) is 0. The van der Waals surface area contributed by atoms with Crippen LogP contribution in [0.3, 0.4) is 0 Å². The Morgan fingerprint density at radius 1 is 1.12 bits per heavy atom. The molecule has 1 aliphatic heterocycles. The van der Waals surface area contributed by atoms with Gasteiger partial charge in [0.1, 0.15) is 0 Å². The van der Waals surface area contributed by atoms with E-state index in [2.05, 4.69) is 53.5 Å². The van der Waals surface area contributed by atoms with Gasteiger partial charge in [0.15, 0.2) is 0 Å². The summed E-state index contributed by atoms with van der Waals surface area (Å²) in [5, 5.41) is 3.03. The number of carbonyl (C=O) groups is 1. The molecule has 0 unspecified atom stereocenters. The molecular weight excluding hydrogens is 344 g/mol. The number of hydrogen-bond donors (Lipinski definition) is 1. The third kappa shape index (κ3) is 5.26. The van der Waals surface area contributed by atoms with Gasteiger partial charge < -0.3 is 15.0 Å². The average Bonchev–Trinajstić information content (AvgIpc) is 2.66. The summed E-state index contributed by atoms with van der Waals surface area (Å²) in [6.45, 7) is 7.50. The molecule has 0 aromatic heterocycles. The van der Waals surface area contributed by atoms with Crippen LogP contribution in [0.25, 0.3) is 0 Å². The zero-order valence-electron chi connectivity index (χ0n) is 15.5. The maximum Gasteiger partial charge on any atom is 0.234 e. The number of hydrogen-bond acceptors (Lipinski definition) is 4. The van der Waals surface area contributed by atoms with Crippen LogP contribution in [0, 0.1) is 13.8 Å². The lowest BCUT2D eigenvalue weighted by Crippen LogP contribution is -2.36. The standard InChI is InChI=1S/C21H26N2O2S/c1-16-3-5-18(6-4-16)14-26-15-21(24)22-20-8-7-19(13-17(20)2)23-9-11-25-12-10-23/h3-8,13H,9-12,14-15H2,1-2H3,(H,22,24). The molecule has 0 radical (unpaired) electrons. The third-order valence-electron chi connectivity index (χ3n) is 4.48. The molecule has 138 valence electrons. The van der Waals surface area contributed by atoms with Crippen LogP contribution in [0.2, 0.25) is 0 Å². The van der Waals surface area contributed by atoms with Gasteiger partial charge in [-0.3, -0.25) is 4.79 Å². The van der Waals surface area contributed by atoms with Gasteiger partial charge in [-0.25, -0.2) is 0 Å². The number of thioether (sulfide) groups is 1. The molecular formula is C21H26N2O2S. The molecule has 3 rings (SSSR count). The number of benzene rings is 2. The highest BCUT2D eigenvalue weighted by Gasteiger charge is 2.13. The predicted octanol–water partition coefficient (Wildman–Crippen LogP) is 4.01. The Morgan fingerprint density at radius 2 is 1.85 bits per heavy atom. The van der Waals surface area contributed by atoms with Gasteiger partial charge in [-0.2, -0.15) is 0 Å². The van der Waals surface area contributed by atoms with E-state index >= 15 is 0 Å². The largest absolute Gasteiger partial charge is 0.378 e. The molecule has 2 aromatic rings. The van der Waals surface area contributed by atoms with Gasteiger partial charge in [-0.15, -0.1) is 11.8 Å². The van der Waals surface area contributed by atoms with Crippen molar-refractivity contribution in [3.63, 3.8) is 0 Å². The van der Waals surface area contributed by atoms with Gasteiger partial charge in [0.2, 0.25) is 5.91 Å². The number of anilines is 2. The highest BCUT2D eigenvalue weighted by molar-refractivity contribution is 7.99. The minimum atomic E-state index is 0.0457. The zero-order chi connectivity index (χ0) is 18.4. The molecule has 0 aliphatic carbocycles. The number of rotatable bonds is 6. The van der Waals surface area contributed by atoms with Gasteiger partial charge in [0.05, 0.1) is 19.0 Å². The van der Waals surface area contributed by atoms with Crippen molar-refractivity contribution >= 4 is 29.0 Å². The van der Waals surface area contributed by atoms with Gasteiger partial charge >= 0.3 is 0 Å². The Balaban J connectivity index is 1.49. The van der Waals surface area contributed by atoms with E-state index in [1.165, 1.54) is 16.8 Å². The van der Waals surface area contributed by atoms with Crippen molar-refractivity contribution in [2.24, 2.45) is 0 Å². The quantitative estimate of drug-likeness (QED) is 0.834. The van der Waals surface area contributed by atoms with Crippen molar-refractivity contribution < 1.29 is 9.53 Å². The molecule has 0 bridgehead atoms. The maximum atomic E-state index is 12.2. The second-order valence-corrected chi connectivity index (χ2v) is 7.61. The van der Waals surface area contributed by atoms with E-state index in [1.807, 2.05) is 13.0 Å². The molecule has 1 amide bonds. The average molecular weight is 371 g/mol. The molecule has 0 atom stereocenters. The molecule has 0 saturated carbocycles. The number of ether oxygens (including phenoxy) is 1. The lowest BCUT2D eigenvalue weighted by molar-refractivity contribution is -0.113. The van der Waals surface area contributed by atoms with Crippen LogP contribution in [0.5, 0.6) is 0 Å². The Hall–Kier alpha value is -1.98. The summed E-state index contributed by atoms with van der Waals surface area (Å²) >= 11 is 1.64. The van der Waals surface area contributed by atoms with E-state index in [4.69, 9.17) is 4.74 Å². The molecule has 1 heterocycles. The summed E-state index contributed by atoms with van der Waals surface area (Å²) in [5.41, 5.74) is 5.68. The molecule has 1 N–H and O–H groups in total. The summed E-state index contributed by atoms with van der Waals surface area (Å²) < 4.78 is 5.40. The van der Waals surface area contributed by atoms with Crippen LogP contribution in [0.15, 0.2) is 42.5 Å². The summed E-state index contributed by atoms with van der Waals surface area (Å²) in [6, 6.07) is 14.7. The van der Waals surface area contributed by atoms with E-state index in [1.54, 1.807) is 11.8 Å². The molecule has 26 heavy (non-hydrogen) atoms. The second-order valence-electron chi connectivity index (χ2n) is 6.63. The fourth-order valence-electron chi connectivity index (χ4n) is 2.94. The monoisotopic (exact) mass is 370 g/mol. The van der Waals surface area contributed by atoms with Crippen molar-refractivity contribution in [1.29, 1.82) is 0 Å². The topological polar surface area (TPSA) is 41.6 Å². The molecule has 2 aromatic carbocycles. The van der Waals surface area contributed by atoms with E-state index in [0.717, 1.165) is 43.3 Å². The van der Waals surface area contributed by atoms with Gasteiger partial charge in [0, 0.05) is 30.2 Å². The summed E-state index contributed by atoms with van der Waals surface area (Å²) in [5.74, 6) is 1.35. The van der Waals surface area contributed by atoms with Crippen LogP contribution in [0.1, 0.15) is 16.7 Å². The Kier molecular flexibility index (Phi) is 6.58. The van der Waals surface area contributed by atoms with E-state index in [0.29, 0.717) is 5.75 Å². The lowest BCUT2D eigenvalue weighted by Gasteiger charge is -2.29. The molecule has 5 heteroatoms. The van der Waals surface area contributed by atoms with Crippen molar-refractivity contribution in [3.8, 4) is 0 Å². The maximum absolute atomic E-state index is 12.2. The molecule has 1 fully saturated rings. The minimum absolute atomic E-state index is 0.0457. The van der Waals surface area contributed by atoms with Crippen molar-refractivity contribution in [2.75, 3.05) is 42.3 Å². The van der Waals surface area contributed by atoms with Gasteiger partial charge in [0.25, 0.3) is 0 Å². The third-order valence-corrected chi connectivity index (χ3v) is 5.49. The first-order valence-corrected chi connectivity index (χ1v) is 10.1. The number of morpholine rings is 1. The number of nitrogens with one attached hydrogen (secondary N) is 1. The second kappa shape index (κ2) is 9.10. The Morgan fingerprint density at radius 3 is 2.54 bits per heavy atom. The Bertz CT molecular complexity index is 740. The normalized spacial score (nSPS) is 14.3. The first kappa shape index (κ1) is 18.8. The van der Waals surface area contributed by atoms with Gasteiger partial charge in [-0.05, 0) is 43.2 Å². The van der Waals surface area contributed by atoms with E-state index in [-0.39, 0.29) is 5.91 Å². The predicted molar refractivity (Wildman–Crippen MR) is 110 cm³/mol. The highest BCUT2D eigenvalue weighted by Crippen LogP contribution is 2.24. The van der Waals surface area contributed by atoms with Crippen molar-refractivity contribution in [2.45, 2.75) is 19.6 Å². The SMILES string of the molecule is Cc1ccc(CSCC(=O)Nc2ccc(N3CCOCC3)cc2C)cc1. The number of aryl methyl sites for hydroxylation is 2. The van der Waals surface area contributed by atoms with E-state index < -0.39 is 0 Å². The van der Waals surface area contributed by atoms with Crippen molar-refractivity contribution in [3.05, 3.63) is 59.2 Å². The van der Waals surface area contributed by atoms with Crippen LogP contribution in [0.4, 0.5) is 11.4 Å². The smallest absolute Gasteiger partial charge is 0.234 e. The summed E-state index contributed by atoms with van der Waals surface area (Å²) in [4.78, 5) is 14.6. The number of nitrogens with zero attached hydrogens (tertiary/aromatic N) is 1. The fraction of sp³-hybridized carbons (Fsp3) is 0.381. The fourth-order valence-corrected chi connectivity index (χ4v) is 3.73. The molecule has 1 aliphatic rings. The van der Waals surface area contributed by atoms with E-state index in [9.17, 15) is 4.79 Å². The molecule has 1 saturated heterocycles. The Labute approximate surface area is 159 Å². The molecule has 0 spiro atoms. The van der Waals surface area contributed by atoms with Crippen LogP contribution >= 0.6 is 11.8 Å². The minimum Gasteiger partial charge on any atom is -0.378 e. The first-order chi connectivity index (χ1) is 12.6. The first-order valence-electron chi connectivity index (χ1n) is 8.98. The number of amides is 1. The molecule has 4 nitrogen and oxygen atoms in total. The number of carbonyl (C=O) groups excluding carboxylic acids is 1. The van der Waals surface area contributed by atoms with Gasteiger partial charge in [-0.1, -0.05) is 29.8 Å². The van der Waals surface area contributed by atoms with Crippen LogP contribution in [-0.2, 0) is 15.3 Å². The zero-order valence-corrected chi connectivity index (χ0v) is 16.3.